The van der Waals surface area contributed by atoms with Gasteiger partial charge in [0.1, 0.15) is 0 Å². The molecule has 0 atom stereocenters. The maximum atomic E-state index is 12.4. The minimum Gasteiger partial charge on any atom is -0.481 e. The van der Waals surface area contributed by atoms with Gasteiger partial charge in [-0.15, -0.1) is 0 Å². The molecular formula is C15H21N3O4. The van der Waals surface area contributed by atoms with Crippen LogP contribution in [0.5, 0.6) is 0 Å². The fraction of sp³-hybridized carbons (Fsp3) is 0.400. The van der Waals surface area contributed by atoms with Gasteiger partial charge in [-0.25, -0.2) is 4.79 Å². The summed E-state index contributed by atoms with van der Waals surface area (Å²) >= 11 is 0. The van der Waals surface area contributed by atoms with E-state index in [1.807, 2.05) is 13.8 Å². The van der Waals surface area contributed by atoms with Crippen LogP contribution in [0.3, 0.4) is 0 Å². The monoisotopic (exact) mass is 307 g/mol. The molecule has 0 saturated heterocycles. The van der Waals surface area contributed by atoms with E-state index in [0.29, 0.717) is 24.3 Å². The smallest absolute Gasteiger partial charge is 0.319 e. The molecule has 0 aromatic heterocycles. The third-order valence-electron chi connectivity index (χ3n) is 3.08. The number of nitrogens with zero attached hydrogens (tertiary/aromatic N) is 1. The number of carboxylic acids is 1. The Morgan fingerprint density at radius 1 is 1.14 bits per heavy atom. The Bertz CT molecular complexity index is 541. The van der Waals surface area contributed by atoms with Crippen molar-refractivity contribution in [1.29, 1.82) is 0 Å². The average molecular weight is 307 g/mol. The van der Waals surface area contributed by atoms with E-state index in [-0.39, 0.29) is 18.9 Å². The minimum atomic E-state index is -0.989. The lowest BCUT2D eigenvalue weighted by Gasteiger charge is -2.20. The highest BCUT2D eigenvalue weighted by Gasteiger charge is 2.17. The van der Waals surface area contributed by atoms with Gasteiger partial charge >= 0.3 is 12.0 Å². The van der Waals surface area contributed by atoms with Crippen LogP contribution in [-0.2, 0) is 4.79 Å². The van der Waals surface area contributed by atoms with Crippen molar-refractivity contribution in [3.8, 4) is 0 Å². The zero-order valence-electron chi connectivity index (χ0n) is 12.8. The molecule has 7 nitrogen and oxygen atoms in total. The van der Waals surface area contributed by atoms with Crippen molar-refractivity contribution < 1.29 is 19.5 Å². The molecule has 0 fully saturated rings. The largest absolute Gasteiger partial charge is 0.481 e. The van der Waals surface area contributed by atoms with Crippen LogP contribution in [-0.4, -0.2) is 47.5 Å². The van der Waals surface area contributed by atoms with Crippen LogP contribution in [0, 0.1) is 0 Å². The lowest BCUT2D eigenvalue weighted by Crippen LogP contribution is -2.33. The fourth-order valence-electron chi connectivity index (χ4n) is 1.91. The summed E-state index contributed by atoms with van der Waals surface area (Å²) in [7, 11) is 0. The Balaban J connectivity index is 2.77. The Morgan fingerprint density at radius 3 is 2.36 bits per heavy atom. The summed E-state index contributed by atoms with van der Waals surface area (Å²) < 4.78 is 0. The molecule has 0 spiro atoms. The number of carbonyl (C=O) groups excluding carboxylic acids is 2. The number of anilines is 1. The number of aliphatic carboxylic acids is 1. The molecule has 0 heterocycles. The summed E-state index contributed by atoms with van der Waals surface area (Å²) in [5.74, 6) is -1.15. The highest BCUT2D eigenvalue weighted by molar-refractivity contribution is 6.03. The molecular weight excluding hydrogens is 286 g/mol. The topological polar surface area (TPSA) is 98.7 Å². The molecule has 0 bridgehead atoms. The van der Waals surface area contributed by atoms with Crippen molar-refractivity contribution in [1.82, 2.24) is 10.2 Å². The average Bonchev–Trinajstić information content (AvgIpc) is 2.48. The molecule has 0 unspecified atom stereocenters. The number of benzene rings is 1. The van der Waals surface area contributed by atoms with Gasteiger partial charge in [0, 0.05) is 19.6 Å². The Kier molecular flexibility index (Phi) is 6.88. The zero-order chi connectivity index (χ0) is 16.5. The third kappa shape index (κ3) is 5.08. The molecule has 1 rings (SSSR count). The number of rotatable bonds is 7. The number of para-hydroxylation sites is 1. The number of urea groups is 1. The van der Waals surface area contributed by atoms with Crippen LogP contribution in [0.15, 0.2) is 24.3 Å². The predicted molar refractivity (Wildman–Crippen MR) is 83.0 cm³/mol. The lowest BCUT2D eigenvalue weighted by atomic mass is 10.1. The van der Waals surface area contributed by atoms with Crippen LogP contribution < -0.4 is 10.6 Å². The van der Waals surface area contributed by atoms with Gasteiger partial charge in [-0.3, -0.25) is 9.59 Å². The third-order valence-corrected chi connectivity index (χ3v) is 3.08. The van der Waals surface area contributed by atoms with E-state index in [2.05, 4.69) is 10.6 Å². The Labute approximate surface area is 129 Å². The van der Waals surface area contributed by atoms with E-state index in [9.17, 15) is 14.4 Å². The molecule has 22 heavy (non-hydrogen) atoms. The van der Waals surface area contributed by atoms with Gasteiger partial charge in [-0.2, -0.15) is 0 Å². The van der Waals surface area contributed by atoms with Gasteiger partial charge < -0.3 is 20.6 Å². The van der Waals surface area contributed by atoms with Crippen LogP contribution in [0.25, 0.3) is 0 Å². The maximum absolute atomic E-state index is 12.4. The zero-order valence-corrected chi connectivity index (χ0v) is 12.8. The summed E-state index contributed by atoms with van der Waals surface area (Å²) in [5, 5.41) is 13.5. The number of amides is 3. The van der Waals surface area contributed by atoms with Gasteiger partial charge in [0.15, 0.2) is 0 Å². The second-order valence-electron chi connectivity index (χ2n) is 4.55. The number of hydrogen-bond acceptors (Lipinski definition) is 3. The highest BCUT2D eigenvalue weighted by Crippen LogP contribution is 2.17. The quantitative estimate of drug-likeness (QED) is 0.715. The first-order valence-electron chi connectivity index (χ1n) is 7.14. The van der Waals surface area contributed by atoms with Crippen molar-refractivity contribution in [3.63, 3.8) is 0 Å². The first-order chi connectivity index (χ1) is 10.5. The molecule has 1 aromatic carbocycles. The van der Waals surface area contributed by atoms with Gasteiger partial charge in [0.25, 0.3) is 5.91 Å². The first-order valence-corrected chi connectivity index (χ1v) is 7.14. The molecule has 7 heteroatoms. The summed E-state index contributed by atoms with van der Waals surface area (Å²) in [6.45, 7) is 4.95. The predicted octanol–water partition coefficient (Wildman–Crippen LogP) is 1.76. The SMILES string of the molecule is CCN(CC)C(=O)c1ccccc1NC(=O)NCCC(=O)O. The number of carbonyl (C=O) groups is 3. The van der Waals surface area contributed by atoms with E-state index in [1.54, 1.807) is 29.2 Å². The van der Waals surface area contributed by atoms with Crippen LogP contribution >= 0.6 is 0 Å². The van der Waals surface area contributed by atoms with Crippen molar-refractivity contribution in [3.05, 3.63) is 29.8 Å². The number of carboxylic acid groups (broad SMARTS) is 1. The van der Waals surface area contributed by atoms with Crippen LogP contribution in [0.4, 0.5) is 10.5 Å². The van der Waals surface area contributed by atoms with E-state index in [4.69, 9.17) is 5.11 Å². The molecule has 0 radical (unpaired) electrons. The van der Waals surface area contributed by atoms with Crippen molar-refractivity contribution in [2.75, 3.05) is 25.0 Å². The second-order valence-corrected chi connectivity index (χ2v) is 4.55. The summed E-state index contributed by atoms with van der Waals surface area (Å²) in [5.41, 5.74) is 0.798. The Hall–Kier alpha value is -2.57. The molecule has 0 aliphatic rings. The van der Waals surface area contributed by atoms with E-state index < -0.39 is 12.0 Å². The Morgan fingerprint density at radius 2 is 1.77 bits per heavy atom. The van der Waals surface area contributed by atoms with Gasteiger partial charge in [0.2, 0.25) is 0 Å². The van der Waals surface area contributed by atoms with E-state index in [1.165, 1.54) is 0 Å². The lowest BCUT2D eigenvalue weighted by molar-refractivity contribution is -0.136. The molecule has 120 valence electrons. The van der Waals surface area contributed by atoms with Crippen LogP contribution in [0.1, 0.15) is 30.6 Å². The maximum Gasteiger partial charge on any atom is 0.319 e. The summed E-state index contributed by atoms with van der Waals surface area (Å²) in [6.07, 6.45) is -0.159. The number of nitrogens with one attached hydrogen (secondary N) is 2. The molecule has 0 aliphatic heterocycles. The molecule has 0 saturated carbocycles. The van der Waals surface area contributed by atoms with E-state index >= 15 is 0 Å². The summed E-state index contributed by atoms with van der Waals surface area (Å²) in [6, 6.07) is 6.18. The van der Waals surface area contributed by atoms with Crippen LogP contribution in [0.2, 0.25) is 0 Å². The highest BCUT2D eigenvalue weighted by atomic mass is 16.4. The van der Waals surface area contributed by atoms with Crippen molar-refractivity contribution in [2.24, 2.45) is 0 Å². The second kappa shape index (κ2) is 8.66. The van der Waals surface area contributed by atoms with Crippen molar-refractivity contribution in [2.45, 2.75) is 20.3 Å². The molecule has 0 aliphatic carbocycles. The number of hydrogen-bond donors (Lipinski definition) is 3. The standard InChI is InChI=1S/C15H21N3O4/c1-3-18(4-2)14(21)11-7-5-6-8-12(11)17-15(22)16-10-9-13(19)20/h5-8H,3-4,9-10H2,1-2H3,(H,19,20)(H2,16,17,22). The van der Waals surface area contributed by atoms with Gasteiger partial charge in [0.05, 0.1) is 17.7 Å². The molecule has 1 aromatic rings. The minimum absolute atomic E-state index is 0.0212. The van der Waals surface area contributed by atoms with Gasteiger partial charge in [-0.05, 0) is 26.0 Å². The molecule has 3 N–H and O–H groups in total. The van der Waals surface area contributed by atoms with Gasteiger partial charge in [-0.1, -0.05) is 12.1 Å². The fourth-order valence-corrected chi connectivity index (χ4v) is 1.91. The normalized spacial score (nSPS) is 9.91. The first kappa shape index (κ1) is 17.5. The molecule has 3 amide bonds. The van der Waals surface area contributed by atoms with E-state index in [0.717, 1.165) is 0 Å². The van der Waals surface area contributed by atoms with Crippen molar-refractivity contribution >= 4 is 23.6 Å². The summed E-state index contributed by atoms with van der Waals surface area (Å²) in [4.78, 5) is 36.2.